The summed E-state index contributed by atoms with van der Waals surface area (Å²) in [6.07, 6.45) is 7.24. The maximum absolute atomic E-state index is 3.51. The van der Waals surface area contributed by atoms with Gasteiger partial charge in [-0.15, -0.1) is 11.3 Å². The van der Waals surface area contributed by atoms with Crippen molar-refractivity contribution in [3.8, 4) is 0 Å². The van der Waals surface area contributed by atoms with Crippen molar-refractivity contribution < 1.29 is 0 Å². The maximum Gasteiger partial charge on any atom is 0.0701 e. The molecule has 0 saturated heterocycles. The molecular weight excluding hydrogens is 276 g/mol. The monoisotopic (exact) mass is 290 g/mol. The van der Waals surface area contributed by atoms with E-state index in [1.54, 1.807) is 0 Å². The second-order valence-corrected chi connectivity index (χ2v) is 7.61. The number of rotatable bonds is 3. The van der Waals surface area contributed by atoms with Crippen LogP contribution in [0.3, 0.4) is 0 Å². The average molecular weight is 291 g/mol. The molecule has 0 nitrogen and oxygen atoms in total. The molecule has 0 bridgehead atoms. The molecule has 3 heteroatoms. The summed E-state index contributed by atoms with van der Waals surface area (Å²) in [5.74, 6) is 1.21. The predicted molar refractivity (Wildman–Crippen MR) is 70.2 cm³/mol. The van der Waals surface area contributed by atoms with Crippen LogP contribution in [0.4, 0.5) is 0 Å². The van der Waals surface area contributed by atoms with Crippen molar-refractivity contribution in [1.82, 2.24) is 0 Å². The Morgan fingerprint density at radius 1 is 1.29 bits per heavy atom. The highest BCUT2D eigenvalue weighted by molar-refractivity contribution is 9.11. The minimum Gasteiger partial charge on any atom is -0.153 e. The van der Waals surface area contributed by atoms with Crippen LogP contribution >= 0.6 is 39.0 Å². The maximum atomic E-state index is 3.51. The third kappa shape index (κ3) is 3.28. The zero-order valence-corrected chi connectivity index (χ0v) is 11.4. The molecule has 78 valence electrons. The van der Waals surface area contributed by atoms with Crippen LogP contribution in [0.2, 0.25) is 0 Å². The molecule has 0 aromatic carbocycles. The fourth-order valence-electron chi connectivity index (χ4n) is 1.86. The van der Waals surface area contributed by atoms with Gasteiger partial charge in [-0.3, -0.25) is 0 Å². The average Bonchev–Trinajstić information content (AvgIpc) is 2.63. The smallest absolute Gasteiger partial charge is 0.0701 e. The Kier molecular flexibility index (Phi) is 4.39. The summed E-state index contributed by atoms with van der Waals surface area (Å²) in [5, 5.41) is 0.935. The first-order valence-corrected chi connectivity index (χ1v) is 7.86. The number of halogens is 1. The highest BCUT2D eigenvalue weighted by atomic mass is 79.9. The number of thioether (sulfide) groups is 1. The van der Waals surface area contributed by atoms with Gasteiger partial charge in [-0.05, 0) is 40.9 Å². The molecule has 1 aliphatic carbocycles. The molecule has 1 aromatic rings. The number of hydrogen-bond donors (Lipinski definition) is 0. The van der Waals surface area contributed by atoms with Crippen molar-refractivity contribution in [3.63, 3.8) is 0 Å². The van der Waals surface area contributed by atoms with Gasteiger partial charge in [-0.1, -0.05) is 19.3 Å². The van der Waals surface area contributed by atoms with E-state index >= 15 is 0 Å². The zero-order valence-electron chi connectivity index (χ0n) is 8.17. The topological polar surface area (TPSA) is 0 Å². The van der Waals surface area contributed by atoms with E-state index in [2.05, 4.69) is 39.8 Å². The SMILES string of the molecule is Brc1ccc(CSC2CCCCC2)s1. The van der Waals surface area contributed by atoms with Gasteiger partial charge in [0.05, 0.1) is 3.79 Å². The van der Waals surface area contributed by atoms with E-state index in [1.165, 1.54) is 46.5 Å². The molecule has 0 radical (unpaired) electrons. The van der Waals surface area contributed by atoms with Crippen molar-refractivity contribution in [2.24, 2.45) is 0 Å². The first kappa shape index (κ1) is 11.0. The van der Waals surface area contributed by atoms with Crippen LogP contribution in [0.1, 0.15) is 37.0 Å². The van der Waals surface area contributed by atoms with Crippen LogP contribution in [0.5, 0.6) is 0 Å². The molecule has 0 aliphatic heterocycles. The van der Waals surface area contributed by atoms with Crippen molar-refractivity contribution in [1.29, 1.82) is 0 Å². The Morgan fingerprint density at radius 3 is 2.71 bits per heavy atom. The summed E-state index contributed by atoms with van der Waals surface area (Å²) in [5.41, 5.74) is 0. The van der Waals surface area contributed by atoms with Gasteiger partial charge in [-0.25, -0.2) is 0 Å². The van der Waals surface area contributed by atoms with E-state index < -0.39 is 0 Å². The van der Waals surface area contributed by atoms with Crippen LogP contribution in [-0.2, 0) is 5.75 Å². The van der Waals surface area contributed by atoms with E-state index in [-0.39, 0.29) is 0 Å². The first-order chi connectivity index (χ1) is 6.84. The summed E-state index contributed by atoms with van der Waals surface area (Å²) in [6, 6.07) is 4.39. The second kappa shape index (κ2) is 5.57. The van der Waals surface area contributed by atoms with Crippen LogP contribution < -0.4 is 0 Å². The Hall–Kier alpha value is 0.530. The Morgan fingerprint density at radius 2 is 2.07 bits per heavy atom. The van der Waals surface area contributed by atoms with Crippen LogP contribution in [0.15, 0.2) is 15.9 Å². The molecule has 2 rings (SSSR count). The Labute approximate surface area is 103 Å². The van der Waals surface area contributed by atoms with Gasteiger partial charge < -0.3 is 0 Å². The van der Waals surface area contributed by atoms with E-state index in [4.69, 9.17) is 0 Å². The molecule has 1 saturated carbocycles. The molecule has 0 N–H and O–H groups in total. The van der Waals surface area contributed by atoms with Crippen molar-refractivity contribution in [3.05, 3.63) is 20.8 Å². The van der Waals surface area contributed by atoms with Gasteiger partial charge in [0, 0.05) is 15.9 Å². The summed E-state index contributed by atoms with van der Waals surface area (Å²) in [6.45, 7) is 0. The highest BCUT2D eigenvalue weighted by Gasteiger charge is 2.13. The standard InChI is InChI=1S/C11H15BrS2/c12-11-7-6-10(14-11)8-13-9-4-2-1-3-5-9/h6-7,9H,1-5,8H2. The molecule has 1 heterocycles. The lowest BCUT2D eigenvalue weighted by Crippen LogP contribution is -2.07. The third-order valence-corrected chi connectivity index (χ3v) is 5.87. The number of hydrogen-bond acceptors (Lipinski definition) is 2. The lowest BCUT2D eigenvalue weighted by Gasteiger charge is -2.20. The van der Waals surface area contributed by atoms with Gasteiger partial charge in [0.15, 0.2) is 0 Å². The Balaban J connectivity index is 1.76. The minimum absolute atomic E-state index is 0.935. The summed E-state index contributed by atoms with van der Waals surface area (Å²) in [7, 11) is 0. The summed E-state index contributed by atoms with van der Waals surface area (Å²) >= 11 is 7.53. The molecule has 14 heavy (non-hydrogen) atoms. The minimum atomic E-state index is 0.935. The first-order valence-electron chi connectivity index (χ1n) is 5.20. The molecule has 0 amide bonds. The van der Waals surface area contributed by atoms with Gasteiger partial charge in [0.1, 0.15) is 0 Å². The van der Waals surface area contributed by atoms with Crippen molar-refractivity contribution in [2.45, 2.75) is 43.1 Å². The van der Waals surface area contributed by atoms with Gasteiger partial charge in [-0.2, -0.15) is 11.8 Å². The predicted octanol–water partition coefficient (Wildman–Crippen LogP) is 5.08. The zero-order chi connectivity index (χ0) is 9.80. The Bertz CT molecular complexity index is 277. The van der Waals surface area contributed by atoms with E-state index in [0.29, 0.717) is 0 Å². The molecule has 1 aromatic heterocycles. The summed E-state index contributed by atoms with van der Waals surface area (Å²) < 4.78 is 1.26. The molecular formula is C11H15BrS2. The van der Waals surface area contributed by atoms with Gasteiger partial charge >= 0.3 is 0 Å². The fraction of sp³-hybridized carbons (Fsp3) is 0.636. The van der Waals surface area contributed by atoms with Crippen molar-refractivity contribution >= 4 is 39.0 Å². The third-order valence-electron chi connectivity index (χ3n) is 2.64. The lowest BCUT2D eigenvalue weighted by molar-refractivity contribution is 0.516. The van der Waals surface area contributed by atoms with E-state index in [9.17, 15) is 0 Å². The highest BCUT2D eigenvalue weighted by Crippen LogP contribution is 2.33. The van der Waals surface area contributed by atoms with Crippen LogP contribution in [0.25, 0.3) is 0 Å². The van der Waals surface area contributed by atoms with E-state index in [0.717, 1.165) is 5.25 Å². The fourth-order valence-corrected chi connectivity index (χ4v) is 4.74. The van der Waals surface area contributed by atoms with Crippen LogP contribution in [0, 0.1) is 0 Å². The van der Waals surface area contributed by atoms with Gasteiger partial charge in [0.25, 0.3) is 0 Å². The number of thiophene rings is 1. The van der Waals surface area contributed by atoms with Crippen molar-refractivity contribution in [2.75, 3.05) is 0 Å². The molecule has 1 aliphatic rings. The summed E-state index contributed by atoms with van der Waals surface area (Å²) in [4.78, 5) is 1.51. The normalized spacial score (nSPS) is 18.6. The second-order valence-electron chi connectivity index (χ2n) is 3.78. The molecule has 0 spiro atoms. The quantitative estimate of drug-likeness (QED) is 0.748. The largest absolute Gasteiger partial charge is 0.153 e. The molecule has 1 fully saturated rings. The van der Waals surface area contributed by atoms with Gasteiger partial charge in [0.2, 0.25) is 0 Å². The lowest BCUT2D eigenvalue weighted by atomic mass is 10.0. The molecule has 0 atom stereocenters. The van der Waals surface area contributed by atoms with E-state index in [1.807, 2.05) is 11.3 Å². The molecule has 0 unspecified atom stereocenters. The van der Waals surface area contributed by atoms with Crippen LogP contribution in [-0.4, -0.2) is 5.25 Å².